The van der Waals surface area contributed by atoms with E-state index in [2.05, 4.69) is 166 Å². The van der Waals surface area contributed by atoms with Crippen molar-refractivity contribution in [1.29, 1.82) is 0 Å². The summed E-state index contributed by atoms with van der Waals surface area (Å²) < 4.78 is 89.6. The summed E-state index contributed by atoms with van der Waals surface area (Å²) in [7, 11) is 0. The Morgan fingerprint density at radius 1 is 0.482 bits per heavy atom. The first-order valence-electron chi connectivity index (χ1n) is 28.8. The normalized spacial score (nSPS) is 13.0. The molecule has 1 aliphatic rings. The molecule has 85 heavy (non-hydrogen) atoms. The first-order valence-corrected chi connectivity index (χ1v) is 28.8. The van der Waals surface area contributed by atoms with Crippen molar-refractivity contribution in [1.82, 2.24) is 9.55 Å². The topological polar surface area (TPSA) is 33.5 Å². The largest absolute Gasteiger partial charge is 0.509 e. The van der Waals surface area contributed by atoms with E-state index in [1.807, 2.05) is 98.0 Å². The number of aryl methyl sites for hydroxylation is 2. The molecule has 440 valence electrons. The van der Waals surface area contributed by atoms with E-state index >= 15 is 22.0 Å². The molecule has 2 aromatic heterocycles. The minimum atomic E-state index is -2.23. The SMILES string of the molecule is CCc1cccc(CC)c1-c1cc(Oc2[c-]c3c(cc2)c2ccccc2n3-c2cc(C(C)(C)C)ccn2)[c-]c(N2[CH-]N(c3c(-c4cc(C(C)(C)C)cc(C(C)(C)C)c4)cc(C(C)(C)C)cc3-c3c(F)c(F)c(F)c(F)c3F)c3ccccc32)c1.[Pt]. The number of anilines is 4. The zero-order valence-corrected chi connectivity index (χ0v) is 52.9. The van der Waals surface area contributed by atoms with Gasteiger partial charge in [-0.3, -0.25) is 0 Å². The zero-order valence-electron chi connectivity index (χ0n) is 50.7. The molecule has 0 atom stereocenters. The average molecular weight is 1320 g/mol. The molecule has 10 aromatic rings. The monoisotopic (exact) mass is 1320 g/mol. The summed E-state index contributed by atoms with van der Waals surface area (Å²) in [4.78, 5) is 8.65. The fourth-order valence-corrected chi connectivity index (χ4v) is 11.5. The van der Waals surface area contributed by atoms with Gasteiger partial charge in [0.2, 0.25) is 5.82 Å². The van der Waals surface area contributed by atoms with Gasteiger partial charge in [-0.25, -0.2) is 26.9 Å². The molecular formula is C74H70F5N4OPt-3. The number of hydrogen-bond acceptors (Lipinski definition) is 4. The van der Waals surface area contributed by atoms with Gasteiger partial charge < -0.3 is 19.1 Å². The van der Waals surface area contributed by atoms with Crippen LogP contribution in [0.1, 0.15) is 130 Å². The Morgan fingerprint density at radius 3 is 1.64 bits per heavy atom. The maximum absolute atomic E-state index is 16.9. The van der Waals surface area contributed by atoms with Gasteiger partial charge in [0.15, 0.2) is 23.3 Å². The number of pyridine rings is 1. The molecule has 0 fully saturated rings. The summed E-state index contributed by atoms with van der Waals surface area (Å²) in [5.74, 6) is -8.57. The van der Waals surface area contributed by atoms with Gasteiger partial charge in [-0.15, -0.1) is 53.6 Å². The number of fused-ring (bicyclic) bond motifs is 4. The summed E-state index contributed by atoms with van der Waals surface area (Å²) in [6.07, 6.45) is 3.35. The maximum Gasteiger partial charge on any atom is 0.200 e. The van der Waals surface area contributed by atoms with Crippen molar-refractivity contribution in [2.45, 2.75) is 131 Å². The van der Waals surface area contributed by atoms with Gasteiger partial charge in [0.25, 0.3) is 0 Å². The maximum atomic E-state index is 16.9. The van der Waals surface area contributed by atoms with Gasteiger partial charge in [-0.2, -0.15) is 6.07 Å². The van der Waals surface area contributed by atoms with E-state index in [9.17, 15) is 0 Å². The van der Waals surface area contributed by atoms with E-state index in [0.717, 1.165) is 79.4 Å². The number of nitrogens with zero attached hydrogens (tertiary/aromatic N) is 4. The quantitative estimate of drug-likeness (QED) is 0.0591. The van der Waals surface area contributed by atoms with Crippen LogP contribution in [0.15, 0.2) is 140 Å². The number of benzene rings is 8. The molecular weight excluding hydrogens is 1250 g/mol. The van der Waals surface area contributed by atoms with E-state index in [4.69, 9.17) is 9.72 Å². The molecule has 0 unspecified atom stereocenters. The third-order valence-electron chi connectivity index (χ3n) is 16.3. The van der Waals surface area contributed by atoms with E-state index in [0.29, 0.717) is 45.3 Å². The molecule has 8 aromatic carbocycles. The molecule has 0 N–H and O–H groups in total. The van der Waals surface area contributed by atoms with Crippen molar-refractivity contribution in [2.75, 3.05) is 9.80 Å². The predicted octanol–water partition coefficient (Wildman–Crippen LogP) is 21.0. The van der Waals surface area contributed by atoms with Crippen LogP contribution in [0.3, 0.4) is 0 Å². The molecule has 0 amide bonds. The van der Waals surface area contributed by atoms with Crippen LogP contribution in [-0.4, -0.2) is 9.55 Å². The number of rotatable bonds is 10. The Hall–Kier alpha value is -7.55. The van der Waals surface area contributed by atoms with Crippen molar-refractivity contribution in [3.05, 3.63) is 221 Å². The first-order chi connectivity index (χ1) is 39.7. The van der Waals surface area contributed by atoms with Crippen LogP contribution < -0.4 is 14.5 Å². The number of hydrogen-bond donors (Lipinski definition) is 0. The Bertz CT molecular complexity index is 4170. The van der Waals surface area contributed by atoms with Crippen LogP contribution >= 0.6 is 0 Å². The van der Waals surface area contributed by atoms with Gasteiger partial charge in [0.1, 0.15) is 5.82 Å². The molecule has 5 nitrogen and oxygen atoms in total. The third kappa shape index (κ3) is 11.1. The van der Waals surface area contributed by atoms with E-state index in [1.165, 1.54) is 0 Å². The van der Waals surface area contributed by atoms with Gasteiger partial charge in [0, 0.05) is 72.5 Å². The minimum Gasteiger partial charge on any atom is -0.509 e. The summed E-state index contributed by atoms with van der Waals surface area (Å²) in [5.41, 5.74) is 10.3. The van der Waals surface area contributed by atoms with Crippen molar-refractivity contribution >= 4 is 44.6 Å². The summed E-state index contributed by atoms with van der Waals surface area (Å²) in [5, 5.41) is 2.02. The zero-order chi connectivity index (χ0) is 60.1. The first kappa shape index (κ1) is 60.6. The van der Waals surface area contributed by atoms with Crippen molar-refractivity contribution in [3.63, 3.8) is 0 Å². The Morgan fingerprint density at radius 2 is 1.04 bits per heavy atom. The van der Waals surface area contributed by atoms with Gasteiger partial charge in [-0.05, 0) is 127 Å². The fourth-order valence-electron chi connectivity index (χ4n) is 11.5. The third-order valence-corrected chi connectivity index (χ3v) is 16.3. The number of aromatic nitrogens is 2. The van der Waals surface area contributed by atoms with Crippen molar-refractivity contribution in [2.24, 2.45) is 0 Å². The van der Waals surface area contributed by atoms with Crippen LogP contribution in [0, 0.1) is 47.9 Å². The number of para-hydroxylation sites is 3. The molecule has 1 aliphatic heterocycles. The van der Waals surface area contributed by atoms with E-state index < -0.39 is 40.1 Å². The molecule has 0 radical (unpaired) electrons. The molecule has 11 heteroatoms. The van der Waals surface area contributed by atoms with Crippen LogP contribution in [0.5, 0.6) is 11.5 Å². The molecule has 3 heterocycles. The smallest absolute Gasteiger partial charge is 0.200 e. The predicted molar refractivity (Wildman–Crippen MR) is 334 cm³/mol. The van der Waals surface area contributed by atoms with Crippen molar-refractivity contribution in [3.8, 4) is 50.7 Å². The summed E-state index contributed by atoms with van der Waals surface area (Å²) in [6.45, 7) is 31.3. The molecule has 0 saturated carbocycles. The average Bonchev–Trinajstić information content (AvgIpc) is 1.95. The second-order valence-corrected chi connectivity index (χ2v) is 26.2. The van der Waals surface area contributed by atoms with Gasteiger partial charge >= 0.3 is 0 Å². The van der Waals surface area contributed by atoms with E-state index in [-0.39, 0.29) is 48.6 Å². The Kier molecular flexibility index (Phi) is 15.9. The molecule has 11 rings (SSSR count). The van der Waals surface area contributed by atoms with Gasteiger partial charge in [0.05, 0.1) is 5.56 Å². The van der Waals surface area contributed by atoms with Crippen LogP contribution in [0.4, 0.5) is 44.7 Å². The minimum absolute atomic E-state index is 0. The van der Waals surface area contributed by atoms with Crippen LogP contribution in [0.2, 0.25) is 0 Å². The molecule has 0 bridgehead atoms. The number of halogens is 5. The summed E-state index contributed by atoms with van der Waals surface area (Å²) in [6, 6.07) is 51.6. The van der Waals surface area contributed by atoms with Crippen LogP contribution in [-0.2, 0) is 55.6 Å². The van der Waals surface area contributed by atoms with Gasteiger partial charge in [-0.1, -0.05) is 169 Å². The van der Waals surface area contributed by atoms with Crippen LogP contribution in [0.25, 0.3) is 61.0 Å². The van der Waals surface area contributed by atoms with E-state index in [1.54, 1.807) is 6.07 Å². The van der Waals surface area contributed by atoms with Crippen molar-refractivity contribution < 1.29 is 47.8 Å². The second-order valence-electron chi connectivity index (χ2n) is 26.2. The summed E-state index contributed by atoms with van der Waals surface area (Å²) >= 11 is 0. The standard InChI is InChI=1S/C74H70F5N4O.Pt/c1-15-43-22-21-23-44(16-2)63(43)46-34-51(40-53(35-46)84-52-28-29-55-54-24-17-18-25-58(54)83(61(55)41-52)62-39-47(30-31-80-62)71(3,4)5)81-42-82(60-27-20-19-26-59(60)81)70-56(45-32-48(72(6,7)8)36-49(33-45)73(9,10)11)37-50(74(12,13)14)38-57(70)64-65(75)67(77)69(79)68(78)66(64)76;/h17-39,42H,15-16H2,1-14H3;/q-3;. The number of ether oxygens (including phenoxy) is 1. The molecule has 0 saturated heterocycles. The molecule has 0 aliphatic carbocycles. The Balaban J connectivity index is 0.00000803. The fraction of sp³-hybridized carbons (Fsp3) is 0.270. The molecule has 0 spiro atoms. The second kappa shape index (κ2) is 22.4. The Labute approximate surface area is 511 Å².